The van der Waals surface area contributed by atoms with E-state index in [2.05, 4.69) is 13.8 Å². The van der Waals surface area contributed by atoms with Crippen LogP contribution < -0.4 is 0 Å². The Bertz CT molecular complexity index is 93.8. The highest BCUT2D eigenvalue weighted by Crippen LogP contribution is 2.09. The van der Waals surface area contributed by atoms with Crippen molar-refractivity contribution in [3.8, 4) is 0 Å². The lowest BCUT2D eigenvalue weighted by Gasteiger charge is -2.20. The van der Waals surface area contributed by atoms with Gasteiger partial charge >= 0.3 is 0 Å². The fraction of sp³-hybridized carbons (Fsp3) is 1.00. The van der Waals surface area contributed by atoms with E-state index in [9.17, 15) is 0 Å². The number of hydrogen-bond acceptors (Lipinski definition) is 2. The fourth-order valence-corrected chi connectivity index (χ4v) is 1.24. The molecule has 0 bridgehead atoms. The number of rotatable bonds is 7. The van der Waals surface area contributed by atoms with Gasteiger partial charge in [0.25, 0.3) is 0 Å². The minimum atomic E-state index is -0.0495. The summed E-state index contributed by atoms with van der Waals surface area (Å²) in [6, 6.07) is 0. The molecular formula is C10H22O2. The Morgan fingerprint density at radius 1 is 1.17 bits per heavy atom. The number of hydrogen-bond donors (Lipinski definition) is 0. The summed E-state index contributed by atoms with van der Waals surface area (Å²) in [6.07, 6.45) is 3.71. The minimum Gasteiger partial charge on any atom is -0.353 e. The maximum atomic E-state index is 5.66. The Morgan fingerprint density at radius 3 is 2.25 bits per heavy atom. The molecule has 0 aliphatic rings. The van der Waals surface area contributed by atoms with E-state index in [1.54, 1.807) is 0 Å². The van der Waals surface area contributed by atoms with Crippen LogP contribution in [-0.2, 0) is 9.47 Å². The van der Waals surface area contributed by atoms with Gasteiger partial charge in [-0.1, -0.05) is 20.3 Å². The lowest BCUT2D eigenvalue weighted by Crippen LogP contribution is -2.21. The molecule has 0 aromatic rings. The van der Waals surface area contributed by atoms with E-state index in [0.29, 0.717) is 6.10 Å². The molecule has 0 amide bonds. The minimum absolute atomic E-state index is 0.0495. The molecule has 2 unspecified atom stereocenters. The van der Waals surface area contributed by atoms with Crippen molar-refractivity contribution in [1.82, 2.24) is 0 Å². The van der Waals surface area contributed by atoms with E-state index in [0.717, 1.165) is 19.4 Å². The van der Waals surface area contributed by atoms with Crippen LogP contribution in [0.1, 0.15) is 47.0 Å². The quantitative estimate of drug-likeness (QED) is 0.552. The highest BCUT2D eigenvalue weighted by molar-refractivity contribution is 4.54. The molecule has 0 rings (SSSR count). The zero-order valence-electron chi connectivity index (χ0n) is 8.80. The van der Waals surface area contributed by atoms with Crippen molar-refractivity contribution in [1.29, 1.82) is 0 Å². The summed E-state index contributed by atoms with van der Waals surface area (Å²) in [5, 5.41) is 0. The largest absolute Gasteiger partial charge is 0.353 e. The van der Waals surface area contributed by atoms with Gasteiger partial charge in [0.2, 0.25) is 0 Å². The van der Waals surface area contributed by atoms with Crippen LogP contribution in [0, 0.1) is 0 Å². The van der Waals surface area contributed by atoms with Crippen molar-refractivity contribution < 1.29 is 9.47 Å². The average molecular weight is 174 g/mol. The van der Waals surface area contributed by atoms with Crippen molar-refractivity contribution in [3.63, 3.8) is 0 Å². The predicted octanol–water partition coefficient (Wildman–Crippen LogP) is 2.96. The van der Waals surface area contributed by atoms with Gasteiger partial charge < -0.3 is 9.47 Å². The van der Waals surface area contributed by atoms with Crippen molar-refractivity contribution in [2.24, 2.45) is 0 Å². The SMILES string of the molecule is CCCC(CC)OC(C)OCC. The molecule has 12 heavy (non-hydrogen) atoms. The molecule has 0 aliphatic carbocycles. The molecule has 0 saturated heterocycles. The van der Waals surface area contributed by atoms with Crippen LogP contribution in [-0.4, -0.2) is 19.0 Å². The van der Waals surface area contributed by atoms with Gasteiger partial charge in [0, 0.05) is 6.61 Å². The molecule has 0 radical (unpaired) electrons. The Hall–Kier alpha value is -0.0800. The van der Waals surface area contributed by atoms with Gasteiger partial charge in [0.05, 0.1) is 6.10 Å². The molecule has 0 fully saturated rings. The first-order valence-electron chi connectivity index (χ1n) is 5.01. The van der Waals surface area contributed by atoms with Crippen LogP contribution in [0.4, 0.5) is 0 Å². The lowest BCUT2D eigenvalue weighted by atomic mass is 10.2. The summed E-state index contributed by atoms with van der Waals surface area (Å²) in [6.45, 7) is 9.00. The second-order valence-corrected chi connectivity index (χ2v) is 2.98. The van der Waals surface area contributed by atoms with Crippen molar-refractivity contribution >= 4 is 0 Å². The van der Waals surface area contributed by atoms with Gasteiger partial charge in [-0.05, 0) is 26.7 Å². The lowest BCUT2D eigenvalue weighted by molar-refractivity contribution is -0.159. The third-order valence-corrected chi connectivity index (χ3v) is 1.85. The first-order valence-corrected chi connectivity index (χ1v) is 5.01. The van der Waals surface area contributed by atoms with E-state index in [1.807, 2.05) is 13.8 Å². The molecule has 0 N–H and O–H groups in total. The Morgan fingerprint density at radius 2 is 1.83 bits per heavy atom. The van der Waals surface area contributed by atoms with Gasteiger partial charge in [0.1, 0.15) is 0 Å². The molecule has 0 saturated carbocycles. The summed E-state index contributed by atoms with van der Waals surface area (Å²) < 4.78 is 11.0. The second kappa shape index (κ2) is 7.56. The van der Waals surface area contributed by atoms with Gasteiger partial charge in [-0.2, -0.15) is 0 Å². The fourth-order valence-electron chi connectivity index (χ4n) is 1.24. The van der Waals surface area contributed by atoms with Gasteiger partial charge in [-0.25, -0.2) is 0 Å². The highest BCUT2D eigenvalue weighted by atomic mass is 16.7. The summed E-state index contributed by atoms with van der Waals surface area (Å²) in [5.74, 6) is 0. The predicted molar refractivity (Wildman–Crippen MR) is 51.2 cm³/mol. The third kappa shape index (κ3) is 5.56. The molecule has 2 atom stereocenters. The van der Waals surface area contributed by atoms with Crippen LogP contribution in [0.15, 0.2) is 0 Å². The van der Waals surface area contributed by atoms with E-state index >= 15 is 0 Å². The van der Waals surface area contributed by atoms with Gasteiger partial charge in [-0.3, -0.25) is 0 Å². The first kappa shape index (κ1) is 11.9. The average Bonchev–Trinajstić information content (AvgIpc) is 2.04. The molecule has 0 spiro atoms. The smallest absolute Gasteiger partial charge is 0.155 e. The molecule has 0 heterocycles. The number of ether oxygens (including phenoxy) is 2. The van der Waals surface area contributed by atoms with E-state index in [-0.39, 0.29) is 6.29 Å². The molecular weight excluding hydrogens is 152 g/mol. The molecule has 74 valence electrons. The van der Waals surface area contributed by atoms with E-state index < -0.39 is 0 Å². The van der Waals surface area contributed by atoms with Crippen molar-refractivity contribution in [2.75, 3.05) is 6.61 Å². The van der Waals surface area contributed by atoms with Crippen LogP contribution in [0.2, 0.25) is 0 Å². The maximum absolute atomic E-state index is 5.66. The standard InChI is InChI=1S/C10H22O2/c1-5-8-10(6-2)12-9(4)11-7-3/h9-10H,5-8H2,1-4H3. The first-order chi connectivity index (χ1) is 5.74. The highest BCUT2D eigenvalue weighted by Gasteiger charge is 2.09. The Kier molecular flexibility index (Phi) is 7.51. The van der Waals surface area contributed by atoms with Crippen LogP contribution in [0.5, 0.6) is 0 Å². The summed E-state index contributed by atoms with van der Waals surface area (Å²) in [5.41, 5.74) is 0. The van der Waals surface area contributed by atoms with Crippen molar-refractivity contribution in [2.45, 2.75) is 59.4 Å². The topological polar surface area (TPSA) is 18.5 Å². The second-order valence-electron chi connectivity index (χ2n) is 2.98. The summed E-state index contributed by atoms with van der Waals surface area (Å²) in [7, 11) is 0. The van der Waals surface area contributed by atoms with Crippen LogP contribution >= 0.6 is 0 Å². The van der Waals surface area contributed by atoms with Gasteiger partial charge in [-0.15, -0.1) is 0 Å². The van der Waals surface area contributed by atoms with E-state index in [4.69, 9.17) is 9.47 Å². The molecule has 2 nitrogen and oxygen atoms in total. The Labute approximate surface area is 76.3 Å². The Balaban J connectivity index is 3.53. The van der Waals surface area contributed by atoms with Crippen LogP contribution in [0.3, 0.4) is 0 Å². The van der Waals surface area contributed by atoms with Crippen LogP contribution in [0.25, 0.3) is 0 Å². The monoisotopic (exact) mass is 174 g/mol. The molecule has 0 aromatic carbocycles. The van der Waals surface area contributed by atoms with Gasteiger partial charge in [0.15, 0.2) is 6.29 Å². The van der Waals surface area contributed by atoms with E-state index in [1.165, 1.54) is 6.42 Å². The zero-order chi connectivity index (χ0) is 9.40. The maximum Gasteiger partial charge on any atom is 0.155 e. The summed E-state index contributed by atoms with van der Waals surface area (Å²) in [4.78, 5) is 0. The normalized spacial score (nSPS) is 16.0. The third-order valence-electron chi connectivity index (χ3n) is 1.85. The molecule has 2 heteroatoms. The molecule has 0 aromatic heterocycles. The summed E-state index contributed by atoms with van der Waals surface area (Å²) >= 11 is 0. The zero-order valence-corrected chi connectivity index (χ0v) is 8.80. The molecule has 0 aliphatic heterocycles. The van der Waals surface area contributed by atoms with Crippen molar-refractivity contribution in [3.05, 3.63) is 0 Å².